The zero-order chi connectivity index (χ0) is 10.5. The van der Waals surface area contributed by atoms with E-state index in [1.54, 1.807) is 0 Å². The van der Waals surface area contributed by atoms with Crippen molar-refractivity contribution in [2.24, 2.45) is 0 Å². The monoisotopic (exact) mass is 208 g/mol. The van der Waals surface area contributed by atoms with E-state index in [9.17, 15) is 0 Å². The van der Waals surface area contributed by atoms with Crippen LogP contribution in [0.3, 0.4) is 0 Å². The topological polar surface area (TPSA) is 17.0 Å². The summed E-state index contributed by atoms with van der Waals surface area (Å²) in [7, 11) is 0. The number of nitrogens with zero attached hydrogens (tertiary/aromatic N) is 1. The maximum Gasteiger partial charge on any atom is 0.374 e. The molecule has 1 aliphatic heterocycles. The van der Waals surface area contributed by atoms with Gasteiger partial charge in [-0.25, -0.2) is 0 Å². The Labute approximate surface area is 92.4 Å². The first-order valence-corrected chi connectivity index (χ1v) is 5.44. The highest BCUT2D eigenvalue weighted by Gasteiger charge is 2.24. The average molecular weight is 208 g/mol. The van der Waals surface area contributed by atoms with E-state index in [1.165, 1.54) is 16.3 Å². The van der Waals surface area contributed by atoms with Crippen LogP contribution >= 0.6 is 0 Å². The van der Waals surface area contributed by atoms with Crippen LogP contribution < -0.4 is 4.57 Å². The zero-order valence-corrected chi connectivity index (χ0v) is 8.68. The Morgan fingerprint density at radius 1 is 1.06 bits per heavy atom. The van der Waals surface area contributed by atoms with Crippen molar-refractivity contribution < 1.29 is 8.98 Å². The molecule has 0 atom stereocenters. The van der Waals surface area contributed by atoms with Gasteiger partial charge in [-0.15, -0.1) is 0 Å². The van der Waals surface area contributed by atoms with Crippen LogP contribution in [0.15, 0.2) is 46.9 Å². The maximum absolute atomic E-state index is 5.90. The summed E-state index contributed by atoms with van der Waals surface area (Å²) < 4.78 is 8.10. The second-order valence-electron chi connectivity index (χ2n) is 4.09. The molecule has 2 nitrogen and oxygen atoms in total. The number of aromatic nitrogens is 1. The first-order chi connectivity index (χ1) is 7.93. The van der Waals surface area contributed by atoms with E-state index in [4.69, 9.17) is 4.42 Å². The van der Waals surface area contributed by atoms with E-state index in [-0.39, 0.29) is 0 Å². The van der Waals surface area contributed by atoms with Crippen LogP contribution in [0, 0.1) is 0 Å². The Balaban J connectivity index is 2.26. The van der Waals surface area contributed by atoms with Crippen molar-refractivity contribution in [1.82, 2.24) is 0 Å². The number of hydrogen-bond donors (Lipinski definition) is 0. The molecule has 1 aromatic heterocycles. The van der Waals surface area contributed by atoms with Gasteiger partial charge in [0.15, 0.2) is 6.54 Å². The predicted molar refractivity (Wildman–Crippen MR) is 62.9 cm³/mol. The third-order valence-corrected chi connectivity index (χ3v) is 3.17. The van der Waals surface area contributed by atoms with Crippen LogP contribution in [0.4, 0.5) is 0 Å². The molecular formula is C14H10NO+. The number of allylic oxidation sites excluding steroid dienone is 1. The molecule has 1 aliphatic rings. The highest BCUT2D eigenvalue weighted by atomic mass is 16.4. The van der Waals surface area contributed by atoms with Crippen LogP contribution in [-0.2, 0) is 6.54 Å². The molecule has 3 aromatic rings. The number of rotatable bonds is 0. The van der Waals surface area contributed by atoms with Crippen LogP contribution in [0.1, 0.15) is 5.89 Å². The highest BCUT2D eigenvalue weighted by molar-refractivity contribution is 6.01. The lowest BCUT2D eigenvalue weighted by molar-refractivity contribution is -0.663. The minimum absolute atomic E-state index is 0.917. The summed E-state index contributed by atoms with van der Waals surface area (Å²) in [5.41, 5.74) is 2.18. The van der Waals surface area contributed by atoms with Gasteiger partial charge in [-0.2, -0.15) is 4.57 Å². The molecular weight excluding hydrogens is 198 g/mol. The summed E-state index contributed by atoms with van der Waals surface area (Å²) in [5, 5.41) is 2.42. The molecule has 2 aromatic carbocycles. The molecule has 0 aliphatic carbocycles. The number of fused-ring (bicyclic) bond motifs is 5. The van der Waals surface area contributed by atoms with Gasteiger partial charge in [-0.1, -0.05) is 24.3 Å². The second kappa shape index (κ2) is 2.73. The van der Waals surface area contributed by atoms with Gasteiger partial charge in [-0.3, -0.25) is 0 Å². The van der Waals surface area contributed by atoms with Crippen molar-refractivity contribution in [3.63, 3.8) is 0 Å². The van der Waals surface area contributed by atoms with Crippen molar-refractivity contribution in [3.05, 3.63) is 48.4 Å². The van der Waals surface area contributed by atoms with Gasteiger partial charge in [0, 0.05) is 11.5 Å². The fraction of sp³-hybridized carbons (Fsp3) is 0.0714. The number of benzene rings is 2. The Bertz CT molecular complexity index is 737. The molecule has 0 bridgehead atoms. The smallest absolute Gasteiger partial charge is 0.374 e. The summed E-state index contributed by atoms with van der Waals surface area (Å²) in [6.45, 7) is 0.917. The Hall–Kier alpha value is -2.09. The molecule has 0 N–H and O–H groups in total. The molecule has 0 amide bonds. The molecule has 0 saturated carbocycles. The molecule has 0 unspecified atom stereocenters. The van der Waals surface area contributed by atoms with E-state index < -0.39 is 0 Å². The lowest BCUT2D eigenvalue weighted by Gasteiger charge is -1.94. The lowest BCUT2D eigenvalue weighted by Crippen LogP contribution is -2.30. The Kier molecular flexibility index (Phi) is 1.38. The van der Waals surface area contributed by atoms with Crippen LogP contribution in [0.25, 0.3) is 27.9 Å². The minimum Gasteiger partial charge on any atom is -0.397 e. The number of oxazole rings is 1. The minimum atomic E-state index is 0.917. The van der Waals surface area contributed by atoms with Crippen LogP contribution in [0.2, 0.25) is 0 Å². The van der Waals surface area contributed by atoms with E-state index >= 15 is 0 Å². The molecule has 16 heavy (non-hydrogen) atoms. The fourth-order valence-electron chi connectivity index (χ4n) is 2.40. The summed E-state index contributed by atoms with van der Waals surface area (Å²) in [6, 6.07) is 12.6. The molecule has 0 fully saturated rings. The quantitative estimate of drug-likeness (QED) is 0.519. The second-order valence-corrected chi connectivity index (χ2v) is 4.09. The Morgan fingerprint density at radius 2 is 2.00 bits per heavy atom. The van der Waals surface area contributed by atoms with Crippen LogP contribution in [0.5, 0.6) is 0 Å². The van der Waals surface area contributed by atoms with Gasteiger partial charge in [0.05, 0.1) is 6.08 Å². The molecule has 2 heterocycles. The van der Waals surface area contributed by atoms with E-state index in [1.807, 2.05) is 6.08 Å². The van der Waals surface area contributed by atoms with Gasteiger partial charge in [0.1, 0.15) is 0 Å². The largest absolute Gasteiger partial charge is 0.397 e. The fourth-order valence-corrected chi connectivity index (χ4v) is 2.40. The van der Waals surface area contributed by atoms with Gasteiger partial charge < -0.3 is 4.42 Å². The lowest BCUT2D eigenvalue weighted by atomic mass is 10.1. The maximum atomic E-state index is 5.90. The SMILES string of the molecule is C1=Cc2oc3c4ccccc4ccc3[n+]2C1. The van der Waals surface area contributed by atoms with E-state index in [2.05, 4.69) is 47.0 Å². The first-order valence-electron chi connectivity index (χ1n) is 5.44. The predicted octanol–water partition coefficient (Wildman–Crippen LogP) is 2.90. The third kappa shape index (κ3) is 0.890. The van der Waals surface area contributed by atoms with Gasteiger partial charge >= 0.3 is 5.89 Å². The van der Waals surface area contributed by atoms with Crippen molar-refractivity contribution >= 4 is 27.9 Å². The van der Waals surface area contributed by atoms with Gasteiger partial charge in [0.2, 0.25) is 5.58 Å². The van der Waals surface area contributed by atoms with Crippen molar-refractivity contribution in [2.75, 3.05) is 0 Å². The number of hydrogen-bond acceptors (Lipinski definition) is 1. The van der Waals surface area contributed by atoms with Crippen molar-refractivity contribution in [1.29, 1.82) is 0 Å². The summed E-state index contributed by atoms with van der Waals surface area (Å²) in [6.07, 6.45) is 4.15. The normalized spacial score (nSPS) is 13.8. The molecule has 0 radical (unpaired) electrons. The zero-order valence-electron chi connectivity index (χ0n) is 8.68. The third-order valence-electron chi connectivity index (χ3n) is 3.17. The van der Waals surface area contributed by atoms with Crippen molar-refractivity contribution in [3.8, 4) is 0 Å². The Morgan fingerprint density at radius 3 is 3.00 bits per heavy atom. The van der Waals surface area contributed by atoms with E-state index in [0.29, 0.717) is 0 Å². The highest BCUT2D eigenvalue weighted by Crippen LogP contribution is 2.26. The average Bonchev–Trinajstić information content (AvgIpc) is 2.88. The van der Waals surface area contributed by atoms with Crippen LogP contribution in [-0.4, -0.2) is 0 Å². The van der Waals surface area contributed by atoms with E-state index in [0.717, 1.165) is 18.0 Å². The summed E-state index contributed by atoms with van der Waals surface area (Å²) in [5.74, 6) is 0.950. The molecule has 2 heteroatoms. The van der Waals surface area contributed by atoms with Crippen molar-refractivity contribution in [2.45, 2.75) is 6.54 Å². The summed E-state index contributed by atoms with van der Waals surface area (Å²) >= 11 is 0. The molecule has 0 spiro atoms. The molecule has 76 valence electrons. The van der Waals surface area contributed by atoms with Gasteiger partial charge in [-0.05, 0) is 17.5 Å². The van der Waals surface area contributed by atoms with Gasteiger partial charge in [0.25, 0.3) is 5.52 Å². The standard InChI is InChI=1S/C14H10NO/c1-2-5-11-10(4-1)7-8-12-14(11)16-13-6-3-9-15(12)13/h1-8H,9H2/q+1. The summed E-state index contributed by atoms with van der Waals surface area (Å²) in [4.78, 5) is 0. The first kappa shape index (κ1) is 8.11. The molecule has 0 saturated heterocycles. The molecule has 4 rings (SSSR count).